The highest BCUT2D eigenvalue weighted by Crippen LogP contribution is 2.11. The largest absolute Gasteiger partial charge is 0.345 e. The van der Waals surface area contributed by atoms with Gasteiger partial charge in [0, 0.05) is 12.8 Å². The fraction of sp³-hybridized carbons (Fsp3) is 0.824. The van der Waals surface area contributed by atoms with Crippen LogP contribution in [0.1, 0.15) is 84.0 Å². The van der Waals surface area contributed by atoms with Gasteiger partial charge >= 0.3 is 0 Å². The van der Waals surface area contributed by atoms with Crippen molar-refractivity contribution in [3.8, 4) is 0 Å². The first-order valence-electron chi connectivity index (χ1n) is 8.64. The Labute approximate surface area is 149 Å². The SMILES string of the molecule is CCCCCCCCCCCC(=O)N[C@@H](CCC(=O)Cl)C(=O)Cl. The molecular weight excluding hydrogens is 337 g/mol. The Hall–Kier alpha value is -0.610. The molecule has 4 nitrogen and oxygen atoms in total. The third-order valence-electron chi connectivity index (χ3n) is 3.75. The van der Waals surface area contributed by atoms with E-state index < -0.39 is 16.5 Å². The molecule has 1 atom stereocenters. The minimum Gasteiger partial charge on any atom is -0.345 e. The maximum Gasteiger partial charge on any atom is 0.244 e. The van der Waals surface area contributed by atoms with Gasteiger partial charge in [-0.3, -0.25) is 14.4 Å². The zero-order chi connectivity index (χ0) is 17.5. The van der Waals surface area contributed by atoms with Gasteiger partial charge in [0.05, 0.1) is 0 Å². The first kappa shape index (κ1) is 22.4. The van der Waals surface area contributed by atoms with Crippen molar-refractivity contribution in [2.45, 2.75) is 90.0 Å². The van der Waals surface area contributed by atoms with Crippen molar-refractivity contribution in [3.63, 3.8) is 0 Å². The molecule has 0 aliphatic rings. The number of rotatable bonds is 15. The molecule has 0 aromatic heterocycles. The summed E-state index contributed by atoms with van der Waals surface area (Å²) >= 11 is 10.6. The molecule has 0 aromatic rings. The Balaban J connectivity index is 3.67. The second-order valence-corrected chi connectivity index (χ2v) is 6.69. The molecule has 0 radical (unpaired) electrons. The number of amides is 1. The number of unbranched alkanes of at least 4 members (excludes halogenated alkanes) is 8. The summed E-state index contributed by atoms with van der Waals surface area (Å²) in [7, 11) is 0. The number of hydrogen-bond acceptors (Lipinski definition) is 3. The predicted molar refractivity (Wildman–Crippen MR) is 94.7 cm³/mol. The summed E-state index contributed by atoms with van der Waals surface area (Å²) < 4.78 is 0. The molecule has 0 heterocycles. The molecule has 0 aromatic carbocycles. The van der Waals surface area contributed by atoms with Gasteiger partial charge in [-0.05, 0) is 36.0 Å². The van der Waals surface area contributed by atoms with Crippen molar-refractivity contribution in [1.29, 1.82) is 0 Å². The van der Waals surface area contributed by atoms with E-state index in [2.05, 4.69) is 12.2 Å². The van der Waals surface area contributed by atoms with Crippen molar-refractivity contribution in [2.75, 3.05) is 0 Å². The van der Waals surface area contributed by atoms with Crippen molar-refractivity contribution < 1.29 is 14.4 Å². The molecule has 134 valence electrons. The van der Waals surface area contributed by atoms with Crippen LogP contribution in [0.4, 0.5) is 0 Å². The van der Waals surface area contributed by atoms with Crippen molar-refractivity contribution in [3.05, 3.63) is 0 Å². The number of hydrogen-bond donors (Lipinski definition) is 1. The monoisotopic (exact) mass is 365 g/mol. The van der Waals surface area contributed by atoms with Gasteiger partial charge in [-0.1, -0.05) is 58.3 Å². The Morgan fingerprint density at radius 3 is 1.83 bits per heavy atom. The number of nitrogens with one attached hydrogen (secondary N) is 1. The standard InChI is InChI=1S/C17H29Cl2NO3/c1-2-3-4-5-6-7-8-9-10-11-16(22)20-14(17(19)23)12-13-15(18)21/h14H,2-13H2,1H3,(H,20,22)/t14-/m0/s1. The third-order valence-corrected chi connectivity index (χ3v) is 4.20. The van der Waals surface area contributed by atoms with E-state index in [-0.39, 0.29) is 18.7 Å². The Morgan fingerprint density at radius 2 is 1.35 bits per heavy atom. The van der Waals surface area contributed by atoms with Crippen LogP contribution in [0.3, 0.4) is 0 Å². The lowest BCUT2D eigenvalue weighted by atomic mass is 10.1. The highest BCUT2D eigenvalue weighted by atomic mass is 35.5. The fourth-order valence-electron chi connectivity index (χ4n) is 2.36. The van der Waals surface area contributed by atoms with E-state index in [1.54, 1.807) is 0 Å². The lowest BCUT2D eigenvalue weighted by Crippen LogP contribution is -2.39. The van der Waals surface area contributed by atoms with E-state index in [4.69, 9.17) is 23.2 Å². The van der Waals surface area contributed by atoms with E-state index in [1.807, 2.05) is 0 Å². The summed E-state index contributed by atoms with van der Waals surface area (Å²) in [6.45, 7) is 2.21. The molecule has 0 saturated heterocycles. The van der Waals surface area contributed by atoms with Crippen molar-refractivity contribution in [2.24, 2.45) is 0 Å². The first-order chi connectivity index (χ1) is 11.0. The average Bonchev–Trinajstić information content (AvgIpc) is 2.49. The lowest BCUT2D eigenvalue weighted by Gasteiger charge is -2.13. The second-order valence-electron chi connectivity index (χ2n) is 5.90. The number of carbonyl (C=O) groups excluding carboxylic acids is 3. The van der Waals surface area contributed by atoms with Crippen molar-refractivity contribution in [1.82, 2.24) is 5.32 Å². The van der Waals surface area contributed by atoms with Gasteiger partial charge in [0.25, 0.3) is 0 Å². The zero-order valence-electron chi connectivity index (χ0n) is 14.0. The predicted octanol–water partition coefficient (Wildman–Crippen LogP) is 4.70. The molecule has 23 heavy (non-hydrogen) atoms. The van der Waals surface area contributed by atoms with E-state index >= 15 is 0 Å². The molecule has 1 N–H and O–H groups in total. The van der Waals surface area contributed by atoms with Crippen LogP contribution in [0, 0.1) is 0 Å². The van der Waals surface area contributed by atoms with Gasteiger partial charge in [0.15, 0.2) is 0 Å². The maximum atomic E-state index is 11.8. The Bertz CT molecular complexity index is 362. The van der Waals surface area contributed by atoms with Gasteiger partial charge < -0.3 is 5.32 Å². The molecule has 0 saturated carbocycles. The van der Waals surface area contributed by atoms with E-state index in [0.717, 1.165) is 19.3 Å². The van der Waals surface area contributed by atoms with Gasteiger partial charge in [0.2, 0.25) is 16.4 Å². The van der Waals surface area contributed by atoms with Gasteiger partial charge in [0.1, 0.15) is 6.04 Å². The molecule has 0 fully saturated rings. The summed E-state index contributed by atoms with van der Waals surface area (Å²) in [6.07, 6.45) is 11.2. The van der Waals surface area contributed by atoms with Crippen LogP contribution in [0.15, 0.2) is 0 Å². The van der Waals surface area contributed by atoms with E-state index in [0.29, 0.717) is 6.42 Å². The van der Waals surface area contributed by atoms with Crippen LogP contribution in [-0.4, -0.2) is 22.4 Å². The molecule has 0 aliphatic carbocycles. The molecular formula is C17H29Cl2NO3. The molecule has 6 heteroatoms. The van der Waals surface area contributed by atoms with Gasteiger partial charge in [-0.25, -0.2) is 0 Å². The second kappa shape index (κ2) is 14.9. The molecule has 0 rings (SSSR count). The van der Waals surface area contributed by atoms with E-state index in [1.165, 1.54) is 38.5 Å². The molecule has 0 aliphatic heterocycles. The summed E-state index contributed by atoms with van der Waals surface area (Å²) in [5.41, 5.74) is 0. The topological polar surface area (TPSA) is 63.2 Å². The quantitative estimate of drug-likeness (QED) is 0.337. The normalized spacial score (nSPS) is 12.0. The van der Waals surface area contributed by atoms with Crippen LogP contribution in [0.25, 0.3) is 0 Å². The maximum absolute atomic E-state index is 11.8. The summed E-state index contributed by atoms with van der Waals surface area (Å²) in [4.78, 5) is 33.7. The van der Waals surface area contributed by atoms with Crippen LogP contribution >= 0.6 is 23.2 Å². The lowest BCUT2D eigenvalue weighted by molar-refractivity contribution is -0.125. The molecule has 1 amide bonds. The Kier molecular flexibility index (Phi) is 14.6. The average molecular weight is 366 g/mol. The highest BCUT2D eigenvalue weighted by molar-refractivity contribution is 6.65. The molecule has 0 bridgehead atoms. The van der Waals surface area contributed by atoms with Gasteiger partial charge in [-0.15, -0.1) is 0 Å². The zero-order valence-corrected chi connectivity index (χ0v) is 15.6. The minimum absolute atomic E-state index is 0.0169. The van der Waals surface area contributed by atoms with Crippen LogP contribution in [0.2, 0.25) is 0 Å². The summed E-state index contributed by atoms with van der Waals surface area (Å²) in [5, 5.41) is 1.36. The number of halogens is 2. The highest BCUT2D eigenvalue weighted by Gasteiger charge is 2.19. The Morgan fingerprint density at radius 1 is 0.826 bits per heavy atom. The number of carbonyl (C=O) groups is 3. The van der Waals surface area contributed by atoms with Gasteiger partial charge in [-0.2, -0.15) is 0 Å². The summed E-state index contributed by atoms with van der Waals surface area (Å²) in [5.74, 6) is -0.200. The minimum atomic E-state index is -0.828. The molecule has 0 unspecified atom stereocenters. The first-order valence-corrected chi connectivity index (χ1v) is 9.40. The smallest absolute Gasteiger partial charge is 0.244 e. The fourth-order valence-corrected chi connectivity index (χ4v) is 2.64. The van der Waals surface area contributed by atoms with E-state index in [9.17, 15) is 14.4 Å². The third kappa shape index (κ3) is 14.7. The summed E-state index contributed by atoms with van der Waals surface area (Å²) in [6, 6.07) is -0.828. The van der Waals surface area contributed by atoms with Crippen LogP contribution in [-0.2, 0) is 14.4 Å². The van der Waals surface area contributed by atoms with Crippen LogP contribution < -0.4 is 5.32 Å². The molecule has 0 spiro atoms. The van der Waals surface area contributed by atoms with Crippen molar-refractivity contribution >= 4 is 39.6 Å². The van der Waals surface area contributed by atoms with Crippen LogP contribution in [0.5, 0.6) is 0 Å².